The van der Waals surface area contributed by atoms with Crippen LogP contribution in [0.2, 0.25) is 5.02 Å². The highest BCUT2D eigenvalue weighted by molar-refractivity contribution is 6.31. The van der Waals surface area contributed by atoms with Crippen molar-refractivity contribution in [2.75, 3.05) is 7.05 Å². The summed E-state index contributed by atoms with van der Waals surface area (Å²) in [6.45, 7) is 3.75. The first kappa shape index (κ1) is 10.1. The molecular weight excluding hydrogens is 186 g/mol. The van der Waals surface area contributed by atoms with Gasteiger partial charge in [0.25, 0.3) is 5.91 Å². The maximum atomic E-state index is 11.3. The van der Waals surface area contributed by atoms with Gasteiger partial charge in [0, 0.05) is 17.6 Å². The Morgan fingerprint density at radius 3 is 2.46 bits per heavy atom. The topological polar surface area (TPSA) is 29.1 Å². The lowest BCUT2D eigenvalue weighted by Crippen LogP contribution is -2.19. The van der Waals surface area contributed by atoms with Crippen LogP contribution < -0.4 is 5.32 Å². The molecule has 2 nitrogen and oxygen atoms in total. The van der Waals surface area contributed by atoms with Crippen molar-refractivity contribution >= 4 is 17.5 Å². The van der Waals surface area contributed by atoms with Gasteiger partial charge < -0.3 is 5.32 Å². The van der Waals surface area contributed by atoms with Gasteiger partial charge >= 0.3 is 0 Å². The lowest BCUT2D eigenvalue weighted by Gasteiger charge is -2.06. The van der Waals surface area contributed by atoms with Gasteiger partial charge in [-0.2, -0.15) is 0 Å². The van der Waals surface area contributed by atoms with Gasteiger partial charge in [0.2, 0.25) is 0 Å². The number of rotatable bonds is 1. The molecule has 0 unspecified atom stereocenters. The molecule has 0 radical (unpaired) electrons. The Hall–Kier alpha value is -1.02. The first-order valence-corrected chi connectivity index (χ1v) is 4.43. The number of nitrogens with one attached hydrogen (secondary N) is 1. The Balaban J connectivity index is 3.23. The van der Waals surface area contributed by atoms with Gasteiger partial charge in [0.05, 0.1) is 0 Å². The van der Waals surface area contributed by atoms with E-state index in [1.54, 1.807) is 13.1 Å². The predicted molar refractivity (Wildman–Crippen MR) is 54.3 cm³/mol. The molecule has 1 rings (SSSR count). The van der Waals surface area contributed by atoms with E-state index in [4.69, 9.17) is 11.6 Å². The summed E-state index contributed by atoms with van der Waals surface area (Å²) < 4.78 is 0. The summed E-state index contributed by atoms with van der Waals surface area (Å²) in [5.41, 5.74) is 2.50. The van der Waals surface area contributed by atoms with Gasteiger partial charge in [-0.25, -0.2) is 0 Å². The monoisotopic (exact) mass is 197 g/mol. The van der Waals surface area contributed by atoms with Crippen LogP contribution in [0.4, 0.5) is 0 Å². The molecule has 0 heterocycles. The van der Waals surface area contributed by atoms with Gasteiger partial charge in [-0.05, 0) is 37.1 Å². The summed E-state index contributed by atoms with van der Waals surface area (Å²) in [7, 11) is 1.62. The molecule has 0 aliphatic carbocycles. The van der Waals surface area contributed by atoms with Crippen LogP contribution in [0.3, 0.4) is 0 Å². The Morgan fingerprint density at radius 1 is 1.31 bits per heavy atom. The fourth-order valence-electron chi connectivity index (χ4n) is 1.16. The fourth-order valence-corrected chi connectivity index (χ4v) is 1.38. The normalized spacial score (nSPS) is 9.85. The third-order valence-corrected chi connectivity index (χ3v) is 2.38. The second kappa shape index (κ2) is 3.79. The molecule has 0 aliphatic rings. The van der Waals surface area contributed by atoms with Crippen molar-refractivity contribution in [3.8, 4) is 0 Å². The maximum absolute atomic E-state index is 11.3. The van der Waals surface area contributed by atoms with Crippen molar-refractivity contribution in [3.05, 3.63) is 33.8 Å². The van der Waals surface area contributed by atoms with Crippen molar-refractivity contribution in [1.29, 1.82) is 0 Å². The Morgan fingerprint density at radius 2 is 1.92 bits per heavy atom. The summed E-state index contributed by atoms with van der Waals surface area (Å²) in [6, 6.07) is 3.61. The van der Waals surface area contributed by atoms with Crippen molar-refractivity contribution in [1.82, 2.24) is 5.32 Å². The lowest BCUT2D eigenvalue weighted by atomic mass is 10.1. The van der Waals surface area contributed by atoms with Crippen molar-refractivity contribution in [2.24, 2.45) is 0 Å². The summed E-state index contributed by atoms with van der Waals surface area (Å²) in [6.07, 6.45) is 0. The predicted octanol–water partition coefficient (Wildman–Crippen LogP) is 2.32. The summed E-state index contributed by atoms with van der Waals surface area (Å²) in [4.78, 5) is 11.3. The Labute approximate surface area is 82.9 Å². The lowest BCUT2D eigenvalue weighted by molar-refractivity contribution is 0.0962. The number of carbonyl (C=O) groups excluding carboxylic acids is 1. The van der Waals surface area contributed by atoms with E-state index in [9.17, 15) is 4.79 Å². The van der Waals surface area contributed by atoms with E-state index in [1.807, 2.05) is 19.9 Å². The van der Waals surface area contributed by atoms with Crippen molar-refractivity contribution in [2.45, 2.75) is 13.8 Å². The first-order valence-electron chi connectivity index (χ1n) is 4.05. The average Bonchev–Trinajstić information content (AvgIpc) is 2.10. The summed E-state index contributed by atoms with van der Waals surface area (Å²) in [5.74, 6) is -0.0720. The number of halogens is 1. The second-order valence-corrected chi connectivity index (χ2v) is 3.40. The van der Waals surface area contributed by atoms with Gasteiger partial charge in [-0.15, -0.1) is 0 Å². The van der Waals surface area contributed by atoms with Gasteiger partial charge in [-0.1, -0.05) is 11.6 Å². The Kier molecular flexibility index (Phi) is 2.94. The van der Waals surface area contributed by atoms with Crippen LogP contribution in [-0.4, -0.2) is 13.0 Å². The van der Waals surface area contributed by atoms with E-state index in [0.29, 0.717) is 10.6 Å². The van der Waals surface area contributed by atoms with Gasteiger partial charge in [0.1, 0.15) is 0 Å². The zero-order chi connectivity index (χ0) is 10.0. The fraction of sp³-hybridized carbons (Fsp3) is 0.300. The molecule has 1 aromatic carbocycles. The number of carbonyl (C=O) groups is 1. The molecule has 1 amide bonds. The highest BCUT2D eigenvalue weighted by Crippen LogP contribution is 2.20. The molecule has 0 fully saturated rings. The van der Waals surface area contributed by atoms with Crippen molar-refractivity contribution in [3.63, 3.8) is 0 Å². The van der Waals surface area contributed by atoms with Crippen LogP contribution in [0.15, 0.2) is 12.1 Å². The molecule has 0 atom stereocenters. The number of amides is 1. The quantitative estimate of drug-likeness (QED) is 0.736. The summed E-state index contributed by atoms with van der Waals surface area (Å²) in [5, 5.41) is 3.29. The minimum atomic E-state index is -0.0720. The molecule has 3 heteroatoms. The SMILES string of the molecule is CNC(=O)c1cc(C)c(Cl)cc1C. The van der Waals surface area contributed by atoms with E-state index in [1.165, 1.54) is 0 Å². The molecule has 1 aromatic rings. The van der Waals surface area contributed by atoms with Crippen LogP contribution in [0.1, 0.15) is 21.5 Å². The van der Waals surface area contributed by atoms with Gasteiger partial charge in [0.15, 0.2) is 0 Å². The van der Waals surface area contributed by atoms with Crippen LogP contribution in [0.25, 0.3) is 0 Å². The van der Waals surface area contributed by atoms with E-state index in [0.717, 1.165) is 11.1 Å². The van der Waals surface area contributed by atoms with Crippen LogP contribution in [-0.2, 0) is 0 Å². The third kappa shape index (κ3) is 2.01. The standard InChI is InChI=1S/C10H12ClNO/c1-6-5-9(11)7(2)4-8(6)10(13)12-3/h4-5H,1-3H3,(H,12,13). The molecule has 0 aromatic heterocycles. The third-order valence-electron chi connectivity index (χ3n) is 1.98. The van der Waals surface area contributed by atoms with Crippen LogP contribution in [0, 0.1) is 13.8 Å². The first-order chi connectivity index (χ1) is 6.06. The zero-order valence-corrected chi connectivity index (χ0v) is 8.70. The molecule has 0 saturated carbocycles. The molecule has 0 saturated heterocycles. The highest BCUT2D eigenvalue weighted by atomic mass is 35.5. The smallest absolute Gasteiger partial charge is 0.251 e. The number of aryl methyl sites for hydroxylation is 2. The molecular formula is C10H12ClNO. The maximum Gasteiger partial charge on any atom is 0.251 e. The Bertz CT molecular complexity index is 347. The van der Waals surface area contributed by atoms with E-state index < -0.39 is 0 Å². The number of benzene rings is 1. The van der Waals surface area contributed by atoms with E-state index in [-0.39, 0.29) is 5.91 Å². The minimum absolute atomic E-state index is 0.0720. The molecule has 0 bridgehead atoms. The molecule has 70 valence electrons. The average molecular weight is 198 g/mol. The zero-order valence-electron chi connectivity index (χ0n) is 7.94. The number of hydrogen-bond acceptors (Lipinski definition) is 1. The summed E-state index contributed by atoms with van der Waals surface area (Å²) >= 11 is 5.90. The van der Waals surface area contributed by atoms with Crippen LogP contribution >= 0.6 is 11.6 Å². The van der Waals surface area contributed by atoms with E-state index >= 15 is 0 Å². The molecule has 1 N–H and O–H groups in total. The largest absolute Gasteiger partial charge is 0.355 e. The second-order valence-electron chi connectivity index (χ2n) is 3.00. The number of hydrogen-bond donors (Lipinski definition) is 1. The minimum Gasteiger partial charge on any atom is -0.355 e. The van der Waals surface area contributed by atoms with E-state index in [2.05, 4.69) is 5.32 Å². The molecule has 0 aliphatic heterocycles. The van der Waals surface area contributed by atoms with Crippen molar-refractivity contribution < 1.29 is 4.79 Å². The van der Waals surface area contributed by atoms with Crippen LogP contribution in [0.5, 0.6) is 0 Å². The molecule has 0 spiro atoms. The highest BCUT2D eigenvalue weighted by Gasteiger charge is 2.08. The van der Waals surface area contributed by atoms with Gasteiger partial charge in [-0.3, -0.25) is 4.79 Å². The molecule has 13 heavy (non-hydrogen) atoms.